The van der Waals surface area contributed by atoms with Crippen molar-refractivity contribution >= 4 is 5.97 Å². The number of carboxylic acid groups (broad SMARTS) is 1. The van der Waals surface area contributed by atoms with Crippen LogP contribution in [-0.2, 0) is 13.0 Å². The fourth-order valence-electron chi connectivity index (χ4n) is 2.01. The summed E-state index contributed by atoms with van der Waals surface area (Å²) < 4.78 is 6.93. The maximum absolute atomic E-state index is 11.2. The van der Waals surface area contributed by atoms with Gasteiger partial charge in [-0.25, -0.2) is 9.48 Å². The largest absolute Gasteiger partial charge is 0.494 e. The lowest BCUT2D eigenvalue weighted by Crippen LogP contribution is -2.08. The van der Waals surface area contributed by atoms with Crippen LogP contribution in [0.15, 0.2) is 36.9 Å². The van der Waals surface area contributed by atoms with Crippen LogP contribution in [0.2, 0.25) is 0 Å². The minimum Gasteiger partial charge on any atom is -0.494 e. The summed E-state index contributed by atoms with van der Waals surface area (Å²) in [6, 6.07) is 7.53. The Labute approximate surface area is 122 Å². The fourth-order valence-corrected chi connectivity index (χ4v) is 2.01. The second kappa shape index (κ2) is 6.69. The van der Waals surface area contributed by atoms with E-state index in [9.17, 15) is 9.90 Å². The molecule has 1 aromatic heterocycles. The molecule has 0 aliphatic rings. The molecule has 2 aromatic rings. The number of nitrogens with zero attached hydrogens (tertiary/aromatic N) is 3. The van der Waals surface area contributed by atoms with Gasteiger partial charge < -0.3 is 9.84 Å². The van der Waals surface area contributed by atoms with Gasteiger partial charge in [0, 0.05) is 6.42 Å². The molecule has 0 amide bonds. The maximum atomic E-state index is 11.2. The van der Waals surface area contributed by atoms with Crippen LogP contribution in [0.1, 0.15) is 28.7 Å². The summed E-state index contributed by atoms with van der Waals surface area (Å²) in [6.45, 7) is 6.59. The SMILES string of the molecule is C=CCn1nnc(C(=O)O)c1Cc1ccc(OCC)cc1. The number of rotatable bonds is 7. The number of aromatic carboxylic acids is 1. The van der Waals surface area contributed by atoms with Crippen LogP contribution in [0.5, 0.6) is 5.75 Å². The molecule has 0 aliphatic heterocycles. The number of allylic oxidation sites excluding steroid dienone is 1. The average molecular weight is 287 g/mol. The predicted octanol–water partition coefficient (Wildman–Crippen LogP) is 2.15. The quantitative estimate of drug-likeness (QED) is 0.789. The summed E-state index contributed by atoms with van der Waals surface area (Å²) in [5.74, 6) is -0.288. The lowest BCUT2D eigenvalue weighted by molar-refractivity contribution is 0.0689. The van der Waals surface area contributed by atoms with E-state index in [1.807, 2.05) is 31.2 Å². The van der Waals surface area contributed by atoms with Gasteiger partial charge in [0.05, 0.1) is 18.8 Å². The maximum Gasteiger partial charge on any atom is 0.358 e. The van der Waals surface area contributed by atoms with Crippen molar-refractivity contribution in [3.8, 4) is 5.75 Å². The first-order chi connectivity index (χ1) is 10.2. The molecule has 1 aromatic carbocycles. The molecule has 0 unspecified atom stereocenters. The molecule has 0 aliphatic carbocycles. The molecule has 2 rings (SSSR count). The minimum atomic E-state index is -1.08. The van der Waals surface area contributed by atoms with Crippen LogP contribution in [0.3, 0.4) is 0 Å². The Kier molecular flexibility index (Phi) is 4.71. The van der Waals surface area contributed by atoms with Gasteiger partial charge in [0.1, 0.15) is 5.75 Å². The third-order valence-corrected chi connectivity index (χ3v) is 2.95. The van der Waals surface area contributed by atoms with Crippen LogP contribution in [0.25, 0.3) is 0 Å². The van der Waals surface area contributed by atoms with Crippen molar-refractivity contribution in [2.75, 3.05) is 6.61 Å². The topological polar surface area (TPSA) is 77.2 Å². The molecule has 0 saturated carbocycles. The number of ether oxygens (including phenoxy) is 1. The molecule has 6 nitrogen and oxygen atoms in total. The van der Waals surface area contributed by atoms with Crippen molar-refractivity contribution in [3.05, 3.63) is 53.9 Å². The standard InChI is InChI=1S/C15H17N3O3/c1-3-9-18-13(14(15(19)20)16-17-18)10-11-5-7-12(8-6-11)21-4-2/h3,5-8H,1,4,9-10H2,2H3,(H,19,20). The first-order valence-corrected chi connectivity index (χ1v) is 6.64. The lowest BCUT2D eigenvalue weighted by Gasteiger charge is -2.07. The molecule has 0 bridgehead atoms. The number of aromatic nitrogens is 3. The first-order valence-electron chi connectivity index (χ1n) is 6.64. The summed E-state index contributed by atoms with van der Waals surface area (Å²) in [7, 11) is 0. The van der Waals surface area contributed by atoms with E-state index >= 15 is 0 Å². The van der Waals surface area contributed by atoms with Crippen LogP contribution >= 0.6 is 0 Å². The van der Waals surface area contributed by atoms with Crippen molar-refractivity contribution in [1.82, 2.24) is 15.0 Å². The number of benzene rings is 1. The van der Waals surface area contributed by atoms with Gasteiger partial charge >= 0.3 is 5.97 Å². The van der Waals surface area contributed by atoms with Gasteiger partial charge in [-0.2, -0.15) is 0 Å². The average Bonchev–Trinajstić information content (AvgIpc) is 2.85. The van der Waals surface area contributed by atoms with E-state index in [1.165, 1.54) is 0 Å². The lowest BCUT2D eigenvalue weighted by atomic mass is 10.1. The molecule has 6 heteroatoms. The van der Waals surface area contributed by atoms with Crippen molar-refractivity contribution in [2.45, 2.75) is 19.9 Å². The zero-order valence-electron chi connectivity index (χ0n) is 11.8. The van der Waals surface area contributed by atoms with E-state index in [1.54, 1.807) is 10.8 Å². The highest BCUT2D eigenvalue weighted by atomic mass is 16.5. The number of hydrogen-bond acceptors (Lipinski definition) is 4. The summed E-state index contributed by atoms with van der Waals surface area (Å²) in [5.41, 5.74) is 1.51. The predicted molar refractivity (Wildman–Crippen MR) is 77.6 cm³/mol. The van der Waals surface area contributed by atoms with Gasteiger partial charge in [-0.1, -0.05) is 23.4 Å². The third kappa shape index (κ3) is 3.47. The molecule has 21 heavy (non-hydrogen) atoms. The van der Waals surface area contributed by atoms with Crippen LogP contribution < -0.4 is 4.74 Å². The van der Waals surface area contributed by atoms with E-state index in [2.05, 4.69) is 16.9 Å². The molecule has 1 heterocycles. The van der Waals surface area contributed by atoms with Crippen LogP contribution in [0.4, 0.5) is 0 Å². The summed E-state index contributed by atoms with van der Waals surface area (Å²) in [6.07, 6.45) is 2.09. The fraction of sp³-hybridized carbons (Fsp3) is 0.267. The Morgan fingerprint density at radius 1 is 1.43 bits per heavy atom. The summed E-state index contributed by atoms with van der Waals surface area (Å²) in [5, 5.41) is 16.8. The molecule has 0 radical (unpaired) electrons. The second-order valence-electron chi connectivity index (χ2n) is 4.41. The zero-order chi connectivity index (χ0) is 15.2. The van der Waals surface area contributed by atoms with Crippen molar-refractivity contribution in [2.24, 2.45) is 0 Å². The molecular weight excluding hydrogens is 270 g/mol. The van der Waals surface area contributed by atoms with E-state index in [4.69, 9.17) is 4.74 Å². The Hall–Kier alpha value is -2.63. The second-order valence-corrected chi connectivity index (χ2v) is 4.41. The van der Waals surface area contributed by atoms with Crippen molar-refractivity contribution in [1.29, 1.82) is 0 Å². The van der Waals surface area contributed by atoms with Crippen molar-refractivity contribution < 1.29 is 14.6 Å². The third-order valence-electron chi connectivity index (χ3n) is 2.95. The highest BCUT2D eigenvalue weighted by Crippen LogP contribution is 2.17. The van der Waals surface area contributed by atoms with Crippen LogP contribution in [0, 0.1) is 0 Å². The monoisotopic (exact) mass is 287 g/mol. The van der Waals surface area contributed by atoms with Crippen LogP contribution in [-0.4, -0.2) is 32.7 Å². The van der Waals surface area contributed by atoms with E-state index in [0.29, 0.717) is 25.3 Å². The molecular formula is C15H17N3O3. The van der Waals surface area contributed by atoms with E-state index in [-0.39, 0.29) is 5.69 Å². The normalized spacial score (nSPS) is 10.3. The van der Waals surface area contributed by atoms with Crippen molar-refractivity contribution in [3.63, 3.8) is 0 Å². The Balaban J connectivity index is 2.26. The van der Waals surface area contributed by atoms with Gasteiger partial charge in [-0.3, -0.25) is 0 Å². The number of carbonyl (C=O) groups is 1. The van der Waals surface area contributed by atoms with Gasteiger partial charge in [0.15, 0.2) is 5.69 Å². The van der Waals surface area contributed by atoms with Gasteiger partial charge in [0.2, 0.25) is 0 Å². The molecule has 0 fully saturated rings. The molecule has 0 saturated heterocycles. The van der Waals surface area contributed by atoms with E-state index < -0.39 is 5.97 Å². The number of hydrogen-bond donors (Lipinski definition) is 1. The molecule has 110 valence electrons. The highest BCUT2D eigenvalue weighted by molar-refractivity contribution is 5.86. The van der Waals surface area contributed by atoms with Gasteiger partial charge in [0.25, 0.3) is 0 Å². The number of carboxylic acids is 1. The minimum absolute atomic E-state index is 0.0225. The molecule has 0 spiro atoms. The Bertz CT molecular complexity index is 632. The summed E-state index contributed by atoms with van der Waals surface area (Å²) >= 11 is 0. The molecule has 0 atom stereocenters. The Morgan fingerprint density at radius 3 is 2.71 bits per heavy atom. The van der Waals surface area contributed by atoms with Gasteiger partial charge in [-0.05, 0) is 24.6 Å². The Morgan fingerprint density at radius 2 is 2.14 bits per heavy atom. The molecule has 1 N–H and O–H groups in total. The van der Waals surface area contributed by atoms with Gasteiger partial charge in [-0.15, -0.1) is 11.7 Å². The van der Waals surface area contributed by atoms with E-state index in [0.717, 1.165) is 11.3 Å². The first kappa shape index (κ1) is 14.8. The summed E-state index contributed by atoms with van der Waals surface area (Å²) in [4.78, 5) is 11.2. The smallest absolute Gasteiger partial charge is 0.358 e. The highest BCUT2D eigenvalue weighted by Gasteiger charge is 2.18. The zero-order valence-corrected chi connectivity index (χ0v) is 11.8.